The molecular weight excluding hydrogens is 281 g/mol. The van der Waals surface area contributed by atoms with E-state index in [0.717, 1.165) is 12.8 Å². The molecule has 0 spiro atoms. The van der Waals surface area contributed by atoms with Crippen molar-refractivity contribution in [2.24, 2.45) is 0 Å². The van der Waals surface area contributed by atoms with Crippen molar-refractivity contribution in [2.75, 3.05) is 5.75 Å². The second kappa shape index (κ2) is 14.6. The molecule has 104 valence electrons. The number of sulfonamides is 1. The van der Waals surface area contributed by atoms with Gasteiger partial charge in [-0.25, -0.2) is 8.42 Å². The summed E-state index contributed by atoms with van der Waals surface area (Å²) < 4.78 is 24.7. The van der Waals surface area contributed by atoms with Gasteiger partial charge in [0.15, 0.2) is 0 Å². The van der Waals surface area contributed by atoms with Crippen LogP contribution >= 0.6 is 11.8 Å². The SMILES string of the molecule is CCCCCCCCCCCCS(=O)(=O)[N-]Cl.[Na+]. The number of unbranched alkanes of at least 4 members (excludes halogenated alkanes) is 9. The largest absolute Gasteiger partial charge is 1.00 e. The molecule has 0 aromatic carbocycles. The second-order valence-corrected chi connectivity index (χ2v) is 6.66. The normalized spacial score (nSPS) is 11.2. The first-order valence-corrected chi connectivity index (χ1v) is 8.63. The number of hydrogen-bond acceptors (Lipinski definition) is 2. The molecule has 0 N–H and O–H groups in total. The molecule has 0 unspecified atom stereocenters. The predicted octanol–water partition coefficient (Wildman–Crippen LogP) is 1.77. The van der Waals surface area contributed by atoms with Gasteiger partial charge >= 0.3 is 29.6 Å². The van der Waals surface area contributed by atoms with E-state index >= 15 is 0 Å². The zero-order valence-corrected chi connectivity index (χ0v) is 15.4. The first-order valence-electron chi connectivity index (χ1n) is 6.68. The van der Waals surface area contributed by atoms with Gasteiger partial charge in [0.1, 0.15) is 0 Å². The van der Waals surface area contributed by atoms with Gasteiger partial charge in [-0.3, -0.25) is 11.8 Å². The average Bonchev–Trinajstić information content (AvgIpc) is 2.31. The molecular formula is C12H25ClNNaO2S. The molecule has 0 bridgehead atoms. The van der Waals surface area contributed by atoms with Crippen LogP contribution in [0.1, 0.15) is 71.1 Å². The van der Waals surface area contributed by atoms with E-state index in [9.17, 15) is 8.42 Å². The van der Waals surface area contributed by atoms with Crippen molar-refractivity contribution in [3.63, 3.8) is 0 Å². The van der Waals surface area contributed by atoms with Gasteiger partial charge in [-0.15, -0.1) is 0 Å². The Morgan fingerprint density at radius 1 is 0.833 bits per heavy atom. The zero-order chi connectivity index (χ0) is 13.0. The van der Waals surface area contributed by atoms with Gasteiger partial charge in [-0.2, -0.15) is 0 Å². The summed E-state index contributed by atoms with van der Waals surface area (Å²) in [5, 5.41) is 0. The molecule has 0 fully saturated rings. The molecule has 0 aliphatic carbocycles. The number of hydrogen-bond donors (Lipinski definition) is 0. The Kier molecular flexibility index (Phi) is 17.4. The maximum absolute atomic E-state index is 10.9. The van der Waals surface area contributed by atoms with E-state index in [0.29, 0.717) is 6.42 Å². The molecule has 0 saturated carbocycles. The molecule has 6 heteroatoms. The molecule has 0 aromatic rings. The molecule has 0 aliphatic rings. The molecule has 0 rings (SSSR count). The topological polar surface area (TPSA) is 48.2 Å². The minimum Gasteiger partial charge on any atom is -0.462 e. The van der Waals surface area contributed by atoms with E-state index in [-0.39, 0.29) is 35.3 Å². The van der Waals surface area contributed by atoms with Crippen LogP contribution in [0, 0.1) is 0 Å². The molecule has 3 nitrogen and oxygen atoms in total. The van der Waals surface area contributed by atoms with Crippen molar-refractivity contribution < 1.29 is 38.0 Å². The molecule has 0 aromatic heterocycles. The first-order chi connectivity index (χ1) is 8.12. The van der Waals surface area contributed by atoms with Gasteiger partial charge in [0, 0.05) is 5.75 Å². The van der Waals surface area contributed by atoms with Crippen molar-refractivity contribution in [2.45, 2.75) is 71.1 Å². The molecule has 0 heterocycles. The molecule has 0 amide bonds. The predicted molar refractivity (Wildman–Crippen MR) is 74.8 cm³/mol. The van der Waals surface area contributed by atoms with Crippen molar-refractivity contribution in [1.82, 2.24) is 0 Å². The van der Waals surface area contributed by atoms with Crippen molar-refractivity contribution in [3.05, 3.63) is 4.24 Å². The number of rotatable bonds is 12. The number of halogens is 1. The van der Waals surface area contributed by atoms with Crippen molar-refractivity contribution in [3.8, 4) is 0 Å². The molecule has 0 saturated heterocycles. The average molecular weight is 306 g/mol. The fourth-order valence-electron chi connectivity index (χ4n) is 1.81. The molecule has 0 radical (unpaired) electrons. The van der Waals surface area contributed by atoms with E-state index in [1.54, 1.807) is 0 Å². The fourth-order valence-corrected chi connectivity index (χ4v) is 2.65. The summed E-state index contributed by atoms with van der Waals surface area (Å²) in [5.74, 6) is 0.0903. The summed E-state index contributed by atoms with van der Waals surface area (Å²) in [6.07, 6.45) is 11.9. The van der Waals surface area contributed by atoms with Crippen molar-refractivity contribution in [1.29, 1.82) is 0 Å². The minimum atomic E-state index is -3.34. The monoisotopic (exact) mass is 305 g/mol. The summed E-state index contributed by atoms with van der Waals surface area (Å²) in [5.41, 5.74) is 0. The Labute approximate surface area is 140 Å². The summed E-state index contributed by atoms with van der Waals surface area (Å²) in [6, 6.07) is 0. The smallest absolute Gasteiger partial charge is 0.462 e. The van der Waals surface area contributed by atoms with Crippen LogP contribution in [0.3, 0.4) is 0 Å². The maximum atomic E-state index is 10.9. The second-order valence-electron chi connectivity index (χ2n) is 4.54. The van der Waals surface area contributed by atoms with Gasteiger partial charge in [-0.05, 0) is 6.42 Å². The van der Waals surface area contributed by atoms with Gasteiger partial charge < -0.3 is 4.24 Å². The minimum absolute atomic E-state index is 0. The molecule has 0 atom stereocenters. The standard InChI is InChI=1S/C12H25ClNO2S.Na/c1-2-3-4-5-6-7-8-9-10-11-12-17(15,16)14-13;/h2-12H2,1H3;/q-1;+1. The van der Waals surface area contributed by atoms with Crippen LogP contribution in [0.5, 0.6) is 0 Å². The third-order valence-electron chi connectivity index (χ3n) is 2.86. The Morgan fingerprint density at radius 2 is 1.22 bits per heavy atom. The van der Waals surface area contributed by atoms with Crippen LogP contribution in [0.2, 0.25) is 0 Å². The van der Waals surface area contributed by atoms with Crippen LogP contribution in [-0.2, 0) is 10.0 Å². The van der Waals surface area contributed by atoms with Crippen LogP contribution in [0.4, 0.5) is 0 Å². The Balaban J connectivity index is 0. The molecule has 0 aliphatic heterocycles. The van der Waals surface area contributed by atoms with Crippen LogP contribution in [0.25, 0.3) is 4.24 Å². The van der Waals surface area contributed by atoms with E-state index in [1.807, 2.05) is 0 Å². The zero-order valence-electron chi connectivity index (χ0n) is 11.8. The maximum Gasteiger partial charge on any atom is 1.00 e. The van der Waals surface area contributed by atoms with E-state index in [4.69, 9.17) is 11.8 Å². The van der Waals surface area contributed by atoms with Crippen LogP contribution < -0.4 is 29.6 Å². The van der Waals surface area contributed by atoms with Gasteiger partial charge in [0.2, 0.25) is 0 Å². The number of nitrogens with zero attached hydrogens (tertiary/aromatic N) is 1. The van der Waals surface area contributed by atoms with Gasteiger partial charge in [-0.1, -0.05) is 64.7 Å². The van der Waals surface area contributed by atoms with Crippen molar-refractivity contribution >= 4 is 21.8 Å². The van der Waals surface area contributed by atoms with Crippen LogP contribution in [-0.4, -0.2) is 14.2 Å². The fraction of sp³-hybridized carbons (Fsp3) is 1.00. The van der Waals surface area contributed by atoms with Gasteiger partial charge in [0.25, 0.3) is 0 Å². The summed E-state index contributed by atoms with van der Waals surface area (Å²) in [7, 11) is -3.34. The summed E-state index contributed by atoms with van der Waals surface area (Å²) in [4.78, 5) is 0. The summed E-state index contributed by atoms with van der Waals surface area (Å²) >= 11 is 4.95. The Morgan fingerprint density at radius 3 is 1.61 bits per heavy atom. The van der Waals surface area contributed by atoms with Gasteiger partial charge in [0.05, 0.1) is 10.0 Å². The molecule has 18 heavy (non-hydrogen) atoms. The van der Waals surface area contributed by atoms with E-state index < -0.39 is 10.0 Å². The summed E-state index contributed by atoms with van der Waals surface area (Å²) in [6.45, 7) is 2.22. The van der Waals surface area contributed by atoms with Crippen LogP contribution in [0.15, 0.2) is 0 Å². The Bertz CT molecular complexity index is 261. The third-order valence-corrected chi connectivity index (χ3v) is 4.51. The van der Waals surface area contributed by atoms with E-state index in [1.165, 1.54) is 44.9 Å². The van der Waals surface area contributed by atoms with E-state index in [2.05, 4.69) is 11.2 Å². The first kappa shape index (κ1) is 21.5. The Hall–Kier alpha value is 1.20. The third kappa shape index (κ3) is 15.3. The quantitative estimate of drug-likeness (QED) is 0.407.